The van der Waals surface area contributed by atoms with Crippen LogP contribution in [0.2, 0.25) is 0 Å². The van der Waals surface area contributed by atoms with Gasteiger partial charge in [-0.15, -0.1) is 15.8 Å². The minimum absolute atomic E-state index is 0. The summed E-state index contributed by atoms with van der Waals surface area (Å²) in [6.07, 6.45) is 2.84. The summed E-state index contributed by atoms with van der Waals surface area (Å²) >= 11 is 0. The van der Waals surface area contributed by atoms with Gasteiger partial charge in [0, 0.05) is 0 Å². The maximum atomic E-state index is 3.46. The van der Waals surface area contributed by atoms with Gasteiger partial charge in [0.15, 0.2) is 0 Å². The Morgan fingerprint density at radius 2 is 1.83 bits per heavy atom. The van der Waals surface area contributed by atoms with Gasteiger partial charge in [-0.3, -0.25) is 0 Å². The molecule has 0 aromatic heterocycles. The van der Waals surface area contributed by atoms with E-state index in [-0.39, 0.29) is 30.6 Å². The average Bonchev–Trinajstić information content (AvgIpc) is 1.37. The molecule has 40 valence electrons. The summed E-state index contributed by atoms with van der Waals surface area (Å²) in [5.41, 5.74) is 0. The molecule has 0 spiro atoms. The van der Waals surface area contributed by atoms with Crippen molar-refractivity contribution >= 4 is 39.8 Å². The van der Waals surface area contributed by atoms with Gasteiger partial charge in [0.25, 0.3) is 0 Å². The van der Waals surface area contributed by atoms with Crippen LogP contribution >= 0.6 is 22.7 Å². The Morgan fingerprint density at radius 3 is 1.83 bits per heavy atom. The molecule has 0 aliphatic carbocycles. The van der Waals surface area contributed by atoms with Gasteiger partial charge >= 0.3 is 17.1 Å². The van der Waals surface area contributed by atoms with Crippen molar-refractivity contribution in [2.24, 2.45) is 0 Å². The number of rotatable bonds is 1. The van der Waals surface area contributed by atoms with Crippen LogP contribution in [0.3, 0.4) is 0 Å². The van der Waals surface area contributed by atoms with Crippen LogP contribution in [-0.4, -0.2) is 23.2 Å². The third kappa shape index (κ3) is 19.8. The molecule has 0 amide bonds. The molecule has 0 fully saturated rings. The molecular weight excluding hydrogens is 178 g/mol. The first kappa shape index (κ1) is 15.7. The molecule has 0 aromatic carbocycles. The second kappa shape index (κ2) is 16.6. The van der Waals surface area contributed by atoms with Gasteiger partial charge < -0.3 is 0 Å². The first-order valence-corrected chi connectivity index (χ1v) is 2.04. The number of hydrogen-bond acceptors (Lipinski definition) is 0. The Morgan fingerprint density at radius 1 is 1.67 bits per heavy atom. The van der Waals surface area contributed by atoms with E-state index in [1.807, 2.05) is 6.08 Å². The Bertz CT molecular complexity index is 24.8. The predicted molar refractivity (Wildman–Crippen MR) is 43.7 cm³/mol. The molecule has 1 atom stereocenters. The van der Waals surface area contributed by atoms with E-state index in [0.717, 1.165) is 6.16 Å². The summed E-state index contributed by atoms with van der Waals surface area (Å²) in [6.45, 7) is 3.46. The Labute approximate surface area is 58.9 Å². The third-order valence-electron chi connectivity index (χ3n) is 0.167. The van der Waals surface area contributed by atoms with Crippen molar-refractivity contribution in [1.29, 1.82) is 0 Å². The van der Waals surface area contributed by atoms with Gasteiger partial charge in [-0.25, -0.2) is 0 Å². The molecule has 0 rings (SSSR count). The van der Waals surface area contributed by atoms with Crippen LogP contribution in [0.1, 0.15) is 0 Å². The van der Waals surface area contributed by atoms with Gasteiger partial charge in [0.05, 0.1) is 0 Å². The first-order valence-electron chi connectivity index (χ1n) is 1.22. The van der Waals surface area contributed by atoms with Crippen LogP contribution < -0.4 is 0 Å². The van der Waals surface area contributed by atoms with Crippen molar-refractivity contribution in [1.82, 2.24) is 0 Å². The predicted octanol–water partition coefficient (Wildman–Crippen LogP) is 0.244. The van der Waals surface area contributed by atoms with Gasteiger partial charge in [-0.2, -0.15) is 13.5 Å². The van der Waals surface area contributed by atoms with Crippen molar-refractivity contribution in [3.63, 3.8) is 0 Å². The fourth-order valence-corrected chi connectivity index (χ4v) is 0. The molecular formula is C3H11PSSe. The monoisotopic (exact) mass is 190 g/mol. The Kier molecular flexibility index (Phi) is 43.5. The zero-order valence-corrected chi connectivity index (χ0v) is 7.82. The van der Waals surface area contributed by atoms with E-state index in [4.69, 9.17) is 0 Å². The zero-order valence-electron chi connectivity index (χ0n) is 3.57. The van der Waals surface area contributed by atoms with Crippen LogP contribution in [0.25, 0.3) is 0 Å². The second-order valence-corrected chi connectivity index (χ2v) is 0.996. The molecule has 0 saturated heterocycles. The Hall–Kier alpha value is 1.04. The molecule has 0 aliphatic heterocycles. The summed E-state index contributed by atoms with van der Waals surface area (Å²) in [5.74, 6) is 0. The topological polar surface area (TPSA) is 0 Å². The van der Waals surface area contributed by atoms with Crippen LogP contribution in [0.15, 0.2) is 12.7 Å². The van der Waals surface area contributed by atoms with Gasteiger partial charge in [-0.05, 0) is 6.16 Å². The molecule has 0 radical (unpaired) electrons. The van der Waals surface area contributed by atoms with Crippen molar-refractivity contribution < 1.29 is 0 Å². The third-order valence-corrected chi connectivity index (χ3v) is 0.500. The van der Waals surface area contributed by atoms with Gasteiger partial charge in [0.1, 0.15) is 0 Å². The number of hydrogen-bond donors (Lipinski definition) is 0. The molecule has 0 aliphatic rings. The molecule has 1 unspecified atom stereocenters. The van der Waals surface area contributed by atoms with Crippen molar-refractivity contribution in [2.75, 3.05) is 6.16 Å². The molecule has 3 heteroatoms. The molecule has 0 heterocycles. The zero-order chi connectivity index (χ0) is 3.41. The summed E-state index contributed by atoms with van der Waals surface area (Å²) in [7, 11) is 2.54. The van der Waals surface area contributed by atoms with E-state index in [9.17, 15) is 0 Å². The fraction of sp³-hybridized carbons (Fsp3) is 0.333. The summed E-state index contributed by atoms with van der Waals surface area (Å²) < 4.78 is 0. The molecule has 0 saturated carbocycles. The van der Waals surface area contributed by atoms with Crippen LogP contribution in [-0.2, 0) is 0 Å². The van der Waals surface area contributed by atoms with E-state index in [2.05, 4.69) is 15.8 Å². The van der Waals surface area contributed by atoms with Crippen molar-refractivity contribution in [3.8, 4) is 0 Å². The maximum absolute atomic E-state index is 3.46. The normalized spacial score (nSPS) is 4.17. The quantitative estimate of drug-likeness (QED) is 0.315. The van der Waals surface area contributed by atoms with Crippen molar-refractivity contribution in [3.05, 3.63) is 12.7 Å². The summed E-state index contributed by atoms with van der Waals surface area (Å²) in [6, 6.07) is 0. The Balaban J connectivity index is -0.0000000450. The van der Waals surface area contributed by atoms with Crippen LogP contribution in [0, 0.1) is 0 Å². The average molecular weight is 189 g/mol. The van der Waals surface area contributed by atoms with E-state index < -0.39 is 0 Å². The minimum atomic E-state index is 0. The SMILES string of the molecule is C=CCP.S.[SeH2]. The fourth-order valence-electron chi connectivity index (χ4n) is 0. The van der Waals surface area contributed by atoms with Crippen molar-refractivity contribution in [2.45, 2.75) is 0 Å². The molecule has 0 aromatic rings. The molecule has 0 N–H and O–H groups in total. The van der Waals surface area contributed by atoms with Gasteiger partial charge in [0.2, 0.25) is 0 Å². The number of allylic oxidation sites excluding steroid dienone is 1. The standard InChI is InChI=1S/C3H7P.H2S.H2Se/c1-2-3-4;;/h2H,1,3-4H2;2*1H2. The molecule has 0 nitrogen and oxygen atoms in total. The van der Waals surface area contributed by atoms with Crippen LogP contribution in [0.5, 0.6) is 0 Å². The van der Waals surface area contributed by atoms with Gasteiger partial charge in [-0.1, -0.05) is 6.08 Å². The van der Waals surface area contributed by atoms with E-state index in [0.29, 0.717) is 0 Å². The van der Waals surface area contributed by atoms with E-state index in [1.54, 1.807) is 0 Å². The van der Waals surface area contributed by atoms with Crippen LogP contribution in [0.4, 0.5) is 0 Å². The molecule has 6 heavy (non-hydrogen) atoms. The van der Waals surface area contributed by atoms with E-state index >= 15 is 0 Å². The summed E-state index contributed by atoms with van der Waals surface area (Å²) in [4.78, 5) is 0. The van der Waals surface area contributed by atoms with E-state index in [1.165, 1.54) is 0 Å². The first-order chi connectivity index (χ1) is 1.91. The second-order valence-electron chi connectivity index (χ2n) is 0.524. The molecule has 0 bridgehead atoms. The summed E-state index contributed by atoms with van der Waals surface area (Å²) in [5, 5.41) is 0.